The van der Waals surface area contributed by atoms with Crippen molar-refractivity contribution >= 4 is 55.7 Å². The number of aliphatic hydroxyl groups is 1. The molecule has 1 unspecified atom stereocenters. The van der Waals surface area contributed by atoms with E-state index in [0.717, 1.165) is 11.3 Å². The van der Waals surface area contributed by atoms with E-state index in [4.69, 9.17) is 16.3 Å². The minimum atomic E-state index is -1.04. The number of hydrogen-bond acceptors (Lipinski definition) is 7. The number of pyridine rings is 1. The Labute approximate surface area is 214 Å². The Bertz CT molecular complexity index is 1480. The third-order valence-electron chi connectivity index (χ3n) is 5.54. The maximum Gasteiger partial charge on any atom is 0.301 e. The number of carbonyl (C=O) groups is 2. The molecule has 0 spiro atoms. The highest BCUT2D eigenvalue weighted by atomic mass is 35.5. The van der Waals surface area contributed by atoms with Crippen molar-refractivity contribution in [3.05, 3.63) is 88.5 Å². The van der Waals surface area contributed by atoms with E-state index >= 15 is 0 Å². The summed E-state index contributed by atoms with van der Waals surface area (Å²) < 4.78 is 20.1. The highest BCUT2D eigenvalue weighted by molar-refractivity contribution is 7.22. The number of anilines is 1. The van der Waals surface area contributed by atoms with Crippen molar-refractivity contribution in [1.29, 1.82) is 0 Å². The van der Waals surface area contributed by atoms with Crippen molar-refractivity contribution in [2.45, 2.75) is 26.0 Å². The van der Waals surface area contributed by atoms with Gasteiger partial charge in [0.2, 0.25) is 0 Å². The first kappa shape index (κ1) is 23.9. The summed E-state index contributed by atoms with van der Waals surface area (Å²) in [5.41, 5.74) is 0.952. The molecule has 1 fully saturated rings. The summed E-state index contributed by atoms with van der Waals surface area (Å²) in [5.74, 6) is -2.12. The number of aliphatic hydroxyl groups excluding tert-OH is 1. The Morgan fingerprint density at radius 1 is 1.17 bits per heavy atom. The topological polar surface area (TPSA) is 92.6 Å². The second-order valence-corrected chi connectivity index (χ2v) is 9.76. The van der Waals surface area contributed by atoms with Crippen molar-refractivity contribution in [2.75, 3.05) is 4.90 Å². The van der Waals surface area contributed by atoms with Gasteiger partial charge >= 0.3 is 5.91 Å². The van der Waals surface area contributed by atoms with Crippen molar-refractivity contribution in [3.63, 3.8) is 0 Å². The van der Waals surface area contributed by atoms with Gasteiger partial charge in [0.15, 0.2) is 5.13 Å². The van der Waals surface area contributed by atoms with Gasteiger partial charge in [-0.05, 0) is 62.4 Å². The van der Waals surface area contributed by atoms with Gasteiger partial charge < -0.3 is 9.84 Å². The lowest BCUT2D eigenvalue weighted by atomic mass is 9.98. The highest BCUT2D eigenvalue weighted by Gasteiger charge is 2.48. The Hall–Kier alpha value is -3.82. The molecule has 1 saturated heterocycles. The summed E-state index contributed by atoms with van der Waals surface area (Å²) in [6.45, 7) is 3.79. The molecule has 2 aromatic carbocycles. The molecule has 3 heterocycles. The first-order valence-electron chi connectivity index (χ1n) is 11.0. The van der Waals surface area contributed by atoms with E-state index in [9.17, 15) is 19.1 Å². The Kier molecular flexibility index (Phi) is 6.19. The average molecular weight is 524 g/mol. The molecule has 1 N–H and O–H groups in total. The molecular formula is C26H19ClFN3O4S. The van der Waals surface area contributed by atoms with Crippen LogP contribution >= 0.6 is 22.9 Å². The molecule has 2 aromatic heterocycles. The number of aromatic nitrogens is 2. The van der Waals surface area contributed by atoms with Crippen LogP contribution in [0.15, 0.2) is 66.4 Å². The number of Topliss-reactive ketones (excluding diaryl/α,β-unsaturated/α-hetero) is 1. The van der Waals surface area contributed by atoms with E-state index in [1.165, 1.54) is 23.2 Å². The Balaban J connectivity index is 1.65. The first-order chi connectivity index (χ1) is 17.2. The number of carbonyl (C=O) groups excluding carboxylic acids is 2. The fourth-order valence-corrected chi connectivity index (χ4v) is 5.14. The van der Waals surface area contributed by atoms with Crippen LogP contribution in [0.5, 0.6) is 5.75 Å². The number of nitrogens with zero attached hydrogens (tertiary/aromatic N) is 3. The molecule has 0 bridgehead atoms. The van der Waals surface area contributed by atoms with Crippen LogP contribution < -0.4 is 9.64 Å². The van der Waals surface area contributed by atoms with Gasteiger partial charge in [-0.25, -0.2) is 9.37 Å². The molecule has 1 aliphatic rings. The number of benzene rings is 2. The molecule has 7 nitrogen and oxygen atoms in total. The molecule has 182 valence electrons. The molecule has 1 aliphatic heterocycles. The van der Waals surface area contributed by atoms with Crippen molar-refractivity contribution in [1.82, 2.24) is 9.97 Å². The van der Waals surface area contributed by atoms with Crippen molar-refractivity contribution < 1.29 is 23.8 Å². The van der Waals surface area contributed by atoms with Crippen LogP contribution in [0.4, 0.5) is 9.52 Å². The number of halogens is 2. The Morgan fingerprint density at radius 3 is 2.58 bits per heavy atom. The molecule has 0 aliphatic carbocycles. The van der Waals surface area contributed by atoms with Crippen molar-refractivity contribution in [2.24, 2.45) is 0 Å². The van der Waals surface area contributed by atoms with Crippen LogP contribution in [-0.2, 0) is 9.59 Å². The van der Waals surface area contributed by atoms with Gasteiger partial charge in [0.1, 0.15) is 23.4 Å². The summed E-state index contributed by atoms with van der Waals surface area (Å²) in [6, 6.07) is 13.2. The van der Waals surface area contributed by atoms with Crippen LogP contribution in [0, 0.1) is 5.82 Å². The number of rotatable bonds is 5. The smallest absolute Gasteiger partial charge is 0.301 e. The van der Waals surface area contributed by atoms with Gasteiger partial charge in [-0.3, -0.25) is 19.5 Å². The number of ether oxygens (including phenoxy) is 1. The second-order valence-electron chi connectivity index (χ2n) is 8.35. The van der Waals surface area contributed by atoms with E-state index in [0.29, 0.717) is 27.2 Å². The predicted molar refractivity (Wildman–Crippen MR) is 136 cm³/mol. The average Bonchev–Trinajstić information content (AvgIpc) is 3.37. The maximum atomic E-state index is 14.0. The summed E-state index contributed by atoms with van der Waals surface area (Å²) in [5, 5.41) is 11.3. The minimum Gasteiger partial charge on any atom is -0.507 e. The summed E-state index contributed by atoms with van der Waals surface area (Å²) in [7, 11) is 0. The molecular weight excluding hydrogens is 505 g/mol. The lowest BCUT2D eigenvalue weighted by Gasteiger charge is -2.22. The number of fused-ring (bicyclic) bond motifs is 1. The number of ketones is 1. The zero-order valence-corrected chi connectivity index (χ0v) is 20.7. The molecule has 1 amide bonds. The van der Waals surface area contributed by atoms with E-state index in [-0.39, 0.29) is 27.6 Å². The van der Waals surface area contributed by atoms with Crippen LogP contribution in [0.25, 0.3) is 16.0 Å². The van der Waals surface area contributed by atoms with E-state index in [1.54, 1.807) is 42.5 Å². The number of thiazole rings is 1. The Morgan fingerprint density at radius 2 is 1.92 bits per heavy atom. The zero-order valence-electron chi connectivity index (χ0n) is 19.1. The second kappa shape index (κ2) is 9.33. The van der Waals surface area contributed by atoms with Crippen molar-refractivity contribution in [3.8, 4) is 5.75 Å². The molecule has 10 heteroatoms. The monoisotopic (exact) mass is 523 g/mol. The minimum absolute atomic E-state index is 0.0314. The summed E-state index contributed by atoms with van der Waals surface area (Å²) in [6.07, 6.45) is 1.50. The maximum absolute atomic E-state index is 14.0. The molecule has 4 aromatic rings. The zero-order chi connectivity index (χ0) is 25.6. The fraction of sp³-hybridized carbons (Fsp3) is 0.154. The van der Waals surface area contributed by atoms with E-state index in [1.807, 2.05) is 13.8 Å². The SMILES string of the molecule is CC(C)Oc1ccc(/C(O)=C2\C(=O)C(=O)N(c3nc4cc(Cl)c(F)cc4s3)C2c2ccccn2)cc1. The normalized spacial score (nSPS) is 17.4. The number of amides is 1. The van der Waals surface area contributed by atoms with Gasteiger partial charge in [0, 0.05) is 11.8 Å². The number of hydrogen-bond donors (Lipinski definition) is 1. The molecule has 0 saturated carbocycles. The van der Waals surface area contributed by atoms with Crippen LogP contribution in [0.2, 0.25) is 5.02 Å². The summed E-state index contributed by atoms with van der Waals surface area (Å²) in [4.78, 5) is 36.5. The predicted octanol–water partition coefficient (Wildman–Crippen LogP) is 5.90. The fourth-order valence-electron chi connectivity index (χ4n) is 3.98. The first-order valence-corrected chi connectivity index (χ1v) is 12.2. The van der Waals surface area contributed by atoms with Gasteiger partial charge in [0.25, 0.3) is 5.78 Å². The van der Waals surface area contributed by atoms with E-state index < -0.39 is 23.5 Å². The molecule has 1 atom stereocenters. The van der Waals surface area contributed by atoms with Gasteiger partial charge in [0.05, 0.1) is 32.6 Å². The quantitative estimate of drug-likeness (QED) is 0.199. The highest BCUT2D eigenvalue weighted by Crippen LogP contribution is 2.44. The standard InChI is InChI=1S/C26H19ClFN3O4S/c1-13(2)35-15-8-6-14(7-9-15)23(32)21-22(18-5-3-4-10-29-18)31(25(34)24(21)33)26-30-19-11-16(27)17(28)12-20(19)36-26/h3-13,22,32H,1-2H3/b23-21+. The molecule has 0 radical (unpaired) electrons. The van der Waals surface area contributed by atoms with Gasteiger partial charge in [-0.1, -0.05) is 29.0 Å². The largest absolute Gasteiger partial charge is 0.507 e. The molecule has 36 heavy (non-hydrogen) atoms. The van der Waals surface area contributed by atoms with Gasteiger partial charge in [-0.15, -0.1) is 0 Å². The van der Waals surface area contributed by atoms with E-state index in [2.05, 4.69) is 9.97 Å². The third kappa shape index (κ3) is 4.20. The lowest BCUT2D eigenvalue weighted by molar-refractivity contribution is -0.132. The third-order valence-corrected chi connectivity index (χ3v) is 6.84. The summed E-state index contributed by atoms with van der Waals surface area (Å²) >= 11 is 6.93. The van der Waals surface area contributed by atoms with Crippen LogP contribution in [0.1, 0.15) is 31.1 Å². The van der Waals surface area contributed by atoms with Crippen LogP contribution in [-0.4, -0.2) is 32.9 Å². The molecule has 5 rings (SSSR count). The lowest BCUT2D eigenvalue weighted by Crippen LogP contribution is -2.29. The van der Waals surface area contributed by atoms with Gasteiger partial charge in [-0.2, -0.15) is 0 Å². The van der Waals surface area contributed by atoms with Crippen LogP contribution in [0.3, 0.4) is 0 Å².